The number of ether oxygens (including phenoxy) is 1. The molecule has 3 aromatic rings. The summed E-state index contributed by atoms with van der Waals surface area (Å²) in [5.74, 6) is 8.95. The summed E-state index contributed by atoms with van der Waals surface area (Å²) in [5.41, 5.74) is 8.66. The number of ketones is 2. The molecule has 1 saturated heterocycles. The average molecular weight is 774 g/mol. The van der Waals surface area contributed by atoms with Crippen molar-refractivity contribution in [2.75, 3.05) is 19.4 Å². The van der Waals surface area contributed by atoms with Crippen LogP contribution in [0.15, 0.2) is 66.9 Å². The molecule has 2 heterocycles. The van der Waals surface area contributed by atoms with Crippen molar-refractivity contribution in [3.05, 3.63) is 89.1 Å². The number of carbonyl (C=O) groups is 2. The fourth-order valence-electron chi connectivity index (χ4n) is 10.0. The van der Waals surface area contributed by atoms with E-state index in [0.717, 1.165) is 60.9 Å². The number of allylic oxidation sites excluding steroid dienone is 1. The Bertz CT molecular complexity index is 1970. The first-order chi connectivity index (χ1) is 27.6. The highest BCUT2D eigenvalue weighted by molar-refractivity contribution is 5.89. The predicted octanol–water partition coefficient (Wildman–Crippen LogP) is 7.28. The second-order valence-corrected chi connectivity index (χ2v) is 17.2. The van der Waals surface area contributed by atoms with Crippen LogP contribution >= 0.6 is 0 Å². The standard InChI is InChI=1S/C48H59N3O6/c1-57-44-26-37-13-16-45(55)48(20-17-32(24-46(48)56)7-8-33-23-38-12-15-40(53)28-42(38)51-30-33)21-18-34(41(37)29-43(44)54)11-14-39(52)25-35(36-19-22-50-47(49)27-36)10-9-31-5-3-2-4-6-31/h2-6,9-10,19,22,26-27,29,32-35,38-39,42,46,51-52,54,56H,7-8,11-17,20,23-25,28,30H2,1H3,(H2,49,50)/b10-9+/t32-,33-,34-,35-,38+,39-,42+,46+,48-/m0/s1. The Morgan fingerprint density at radius 3 is 2.65 bits per heavy atom. The number of nitrogens with two attached hydrogens (primary N) is 1. The molecule has 2 aromatic carbocycles. The van der Waals surface area contributed by atoms with Crippen LogP contribution in [0.4, 0.5) is 5.82 Å². The van der Waals surface area contributed by atoms with E-state index in [4.69, 9.17) is 10.5 Å². The molecule has 6 N–H and O–H groups in total. The second kappa shape index (κ2) is 18.4. The van der Waals surface area contributed by atoms with Crippen LogP contribution in [-0.2, 0) is 16.0 Å². The first kappa shape index (κ1) is 40.7. The molecular weight excluding hydrogens is 715 g/mol. The molecule has 2 saturated carbocycles. The van der Waals surface area contributed by atoms with E-state index < -0.39 is 17.6 Å². The Morgan fingerprint density at radius 1 is 1.04 bits per heavy atom. The van der Waals surface area contributed by atoms with Crippen LogP contribution in [0.3, 0.4) is 0 Å². The number of hydrogen-bond donors (Lipinski definition) is 5. The number of nitrogens with zero attached hydrogens (tertiary/aromatic N) is 1. The number of piperidine rings is 1. The van der Waals surface area contributed by atoms with Crippen LogP contribution in [0, 0.1) is 35.0 Å². The third-order valence-electron chi connectivity index (χ3n) is 13.4. The first-order valence-corrected chi connectivity index (χ1v) is 21.1. The molecule has 1 spiro atoms. The van der Waals surface area contributed by atoms with Crippen molar-refractivity contribution in [1.29, 1.82) is 0 Å². The predicted molar refractivity (Wildman–Crippen MR) is 222 cm³/mol. The molecular formula is C48H59N3O6. The summed E-state index contributed by atoms with van der Waals surface area (Å²) in [4.78, 5) is 30.3. The van der Waals surface area contributed by atoms with Crippen LogP contribution in [0.5, 0.6) is 11.5 Å². The Kier molecular flexibility index (Phi) is 13.1. The maximum absolute atomic E-state index is 14.2. The monoisotopic (exact) mass is 773 g/mol. The molecule has 0 unspecified atom stereocenters. The third kappa shape index (κ3) is 9.80. The average Bonchev–Trinajstić information content (AvgIpc) is 3.26. The van der Waals surface area contributed by atoms with Crippen LogP contribution in [0.2, 0.25) is 0 Å². The molecule has 4 aliphatic rings. The number of aryl methyl sites for hydroxylation is 1. The van der Waals surface area contributed by atoms with E-state index in [1.165, 1.54) is 7.11 Å². The lowest BCUT2D eigenvalue weighted by atomic mass is 9.64. The van der Waals surface area contributed by atoms with Gasteiger partial charge in [0.1, 0.15) is 17.0 Å². The molecule has 3 aliphatic carbocycles. The third-order valence-corrected chi connectivity index (χ3v) is 13.4. The van der Waals surface area contributed by atoms with Crippen molar-refractivity contribution in [3.8, 4) is 23.3 Å². The summed E-state index contributed by atoms with van der Waals surface area (Å²) in [5, 5.41) is 38.1. The van der Waals surface area contributed by atoms with Gasteiger partial charge < -0.3 is 31.1 Å². The number of aromatic hydroxyl groups is 1. The van der Waals surface area contributed by atoms with Gasteiger partial charge in [0.2, 0.25) is 0 Å². The largest absolute Gasteiger partial charge is 0.504 e. The smallest absolute Gasteiger partial charge is 0.160 e. The molecule has 302 valence electrons. The summed E-state index contributed by atoms with van der Waals surface area (Å²) in [6.07, 6.45) is 13.9. The molecule has 57 heavy (non-hydrogen) atoms. The molecule has 3 fully saturated rings. The zero-order chi connectivity index (χ0) is 39.9. The maximum atomic E-state index is 14.2. The number of benzene rings is 2. The summed E-state index contributed by atoms with van der Waals surface area (Å²) in [6, 6.07) is 17.7. The number of rotatable bonds is 12. The van der Waals surface area contributed by atoms with Gasteiger partial charge in [-0.25, -0.2) is 4.98 Å². The quantitative estimate of drug-likeness (QED) is 0.120. The highest BCUT2D eigenvalue weighted by atomic mass is 16.5. The van der Waals surface area contributed by atoms with E-state index in [0.29, 0.717) is 92.5 Å². The number of nitrogens with one attached hydrogen (secondary N) is 1. The number of carbonyl (C=O) groups excluding carboxylic acids is 2. The number of pyridine rings is 1. The number of anilines is 1. The van der Waals surface area contributed by atoms with Gasteiger partial charge in [-0.3, -0.25) is 9.59 Å². The molecule has 9 atom stereocenters. The lowest BCUT2D eigenvalue weighted by molar-refractivity contribution is -0.134. The van der Waals surface area contributed by atoms with Crippen molar-refractivity contribution in [3.63, 3.8) is 0 Å². The van der Waals surface area contributed by atoms with Crippen molar-refractivity contribution in [1.82, 2.24) is 10.3 Å². The van der Waals surface area contributed by atoms with Crippen LogP contribution in [-0.4, -0.2) is 63.8 Å². The molecule has 1 aliphatic heterocycles. The normalized spacial score (nSPS) is 28.6. The number of phenols is 1. The SMILES string of the molecule is COc1cc2c(cc1O)[C@@H](CC[C@H](O)C[C@H](/C=C/c1ccccc1)c1ccnc(N)c1)C#C[C@@]1(CC[C@H](CC[C@@H]3CN[C@@H]4CC(=O)CC[C@@H]4C3)C[C@H]1O)C(=O)CC2. The highest BCUT2D eigenvalue weighted by Crippen LogP contribution is 2.45. The lowest BCUT2D eigenvalue weighted by Crippen LogP contribution is -2.49. The minimum atomic E-state index is -1.15. The first-order valence-electron chi connectivity index (χ1n) is 21.1. The Morgan fingerprint density at radius 2 is 1.86 bits per heavy atom. The molecule has 0 amide bonds. The zero-order valence-corrected chi connectivity index (χ0v) is 33.2. The van der Waals surface area contributed by atoms with Crippen molar-refractivity contribution >= 4 is 23.5 Å². The molecule has 9 heteroatoms. The van der Waals surface area contributed by atoms with Crippen LogP contribution in [0.1, 0.15) is 118 Å². The number of aliphatic hydroxyl groups is 2. The molecule has 9 nitrogen and oxygen atoms in total. The maximum Gasteiger partial charge on any atom is 0.160 e. The van der Waals surface area contributed by atoms with E-state index in [1.54, 1.807) is 18.3 Å². The van der Waals surface area contributed by atoms with Gasteiger partial charge in [-0.2, -0.15) is 0 Å². The lowest BCUT2D eigenvalue weighted by Gasteiger charge is -2.42. The number of hydrogen-bond acceptors (Lipinski definition) is 9. The van der Waals surface area contributed by atoms with Crippen molar-refractivity contribution in [2.24, 2.45) is 23.2 Å². The van der Waals surface area contributed by atoms with E-state index in [9.17, 15) is 24.9 Å². The van der Waals surface area contributed by atoms with Gasteiger partial charge >= 0.3 is 0 Å². The van der Waals surface area contributed by atoms with Crippen LogP contribution < -0.4 is 15.8 Å². The van der Waals surface area contributed by atoms with Gasteiger partial charge in [0.25, 0.3) is 0 Å². The fourth-order valence-corrected chi connectivity index (χ4v) is 10.0. The van der Waals surface area contributed by atoms with E-state index in [2.05, 4.69) is 34.3 Å². The summed E-state index contributed by atoms with van der Waals surface area (Å²) >= 11 is 0. The summed E-state index contributed by atoms with van der Waals surface area (Å²) in [6.45, 7) is 0.942. The van der Waals surface area contributed by atoms with Crippen molar-refractivity contribution < 1.29 is 29.6 Å². The molecule has 7 rings (SSSR count). The number of fused-ring (bicyclic) bond motifs is 2. The number of Topliss-reactive ketones (excluding diaryl/α,β-unsaturated/α-hetero) is 2. The summed E-state index contributed by atoms with van der Waals surface area (Å²) in [7, 11) is 1.51. The van der Waals surface area contributed by atoms with Gasteiger partial charge in [-0.15, -0.1) is 0 Å². The van der Waals surface area contributed by atoms with E-state index in [1.807, 2.05) is 42.5 Å². The number of aromatic nitrogens is 1. The van der Waals surface area contributed by atoms with Gasteiger partial charge in [-0.1, -0.05) is 60.7 Å². The fraction of sp³-hybridized carbons (Fsp3) is 0.521. The van der Waals surface area contributed by atoms with Gasteiger partial charge in [0.05, 0.1) is 19.3 Å². The van der Waals surface area contributed by atoms with Gasteiger partial charge in [-0.05, 0) is 135 Å². The number of phenolic OH excluding ortho intramolecular Hbond substituents is 1. The van der Waals surface area contributed by atoms with Gasteiger partial charge in [0, 0.05) is 43.3 Å². The molecule has 0 radical (unpaired) electrons. The molecule has 0 bridgehead atoms. The van der Waals surface area contributed by atoms with E-state index >= 15 is 0 Å². The number of methoxy groups -OCH3 is 1. The minimum Gasteiger partial charge on any atom is -0.504 e. The van der Waals surface area contributed by atoms with Crippen LogP contribution in [0.25, 0.3) is 6.08 Å². The Hall–Kier alpha value is -4.49. The highest BCUT2D eigenvalue weighted by Gasteiger charge is 2.47. The topological polar surface area (TPSA) is 155 Å². The zero-order valence-electron chi connectivity index (χ0n) is 33.2. The summed E-state index contributed by atoms with van der Waals surface area (Å²) < 4.78 is 5.47. The second-order valence-electron chi connectivity index (χ2n) is 17.2. The molecule has 1 aromatic heterocycles. The van der Waals surface area contributed by atoms with Gasteiger partial charge in [0.15, 0.2) is 17.3 Å². The number of aliphatic hydroxyl groups excluding tert-OH is 2. The van der Waals surface area contributed by atoms with Crippen molar-refractivity contribution in [2.45, 2.75) is 120 Å². The van der Waals surface area contributed by atoms with E-state index in [-0.39, 0.29) is 29.8 Å². The minimum absolute atomic E-state index is 0.00600. The number of nitrogen functional groups attached to an aromatic ring is 1. The Balaban J connectivity index is 1.06. The Labute approximate surface area is 337 Å².